The Morgan fingerprint density at radius 2 is 1.95 bits per heavy atom. The Hall–Kier alpha value is -3.62. The maximum absolute atomic E-state index is 14.7. The highest BCUT2D eigenvalue weighted by atomic mass is 19.1. The number of aliphatic carboxylic acids is 1. The van der Waals surface area contributed by atoms with Crippen LogP contribution in [0.2, 0.25) is 0 Å². The van der Waals surface area contributed by atoms with E-state index >= 15 is 0 Å². The fourth-order valence-electron chi connectivity index (χ4n) is 5.57. The molecule has 0 saturated heterocycles. The van der Waals surface area contributed by atoms with E-state index in [-0.39, 0.29) is 11.9 Å². The molecular formula is C31H39FN4O3. The molecule has 0 bridgehead atoms. The number of fused-ring (bicyclic) bond motifs is 1. The predicted molar refractivity (Wildman–Crippen MR) is 153 cm³/mol. The largest absolute Gasteiger partial charge is 0.489 e. The quantitative estimate of drug-likeness (QED) is 0.213. The van der Waals surface area contributed by atoms with Crippen LogP contribution in [0, 0.1) is 25.1 Å². The molecule has 8 heteroatoms. The zero-order valence-corrected chi connectivity index (χ0v) is 23.6. The number of hydrogen-bond acceptors (Lipinski definition) is 6. The van der Waals surface area contributed by atoms with Crippen LogP contribution in [0.1, 0.15) is 60.1 Å². The van der Waals surface area contributed by atoms with Gasteiger partial charge in [-0.1, -0.05) is 30.3 Å². The van der Waals surface area contributed by atoms with Gasteiger partial charge >= 0.3 is 5.97 Å². The number of halogens is 1. The number of hydrazine groups is 1. The van der Waals surface area contributed by atoms with Gasteiger partial charge in [0.15, 0.2) is 0 Å². The molecule has 1 aliphatic rings. The van der Waals surface area contributed by atoms with Gasteiger partial charge in [0.2, 0.25) is 0 Å². The minimum absolute atomic E-state index is 0.111. The summed E-state index contributed by atoms with van der Waals surface area (Å²) in [5, 5.41) is 11.7. The number of nitrogen functional groups attached to an aromatic ring is 1. The van der Waals surface area contributed by atoms with E-state index < -0.39 is 17.3 Å². The van der Waals surface area contributed by atoms with Crippen molar-refractivity contribution < 1.29 is 19.0 Å². The molecule has 1 aliphatic heterocycles. The number of nitrogens with two attached hydrogens (primary N) is 2. The second kappa shape index (κ2) is 10.9. The molecule has 0 saturated carbocycles. The number of carboxylic acids is 1. The lowest BCUT2D eigenvalue weighted by molar-refractivity contribution is -0.147. The summed E-state index contributed by atoms with van der Waals surface area (Å²) >= 11 is 0. The van der Waals surface area contributed by atoms with E-state index in [9.17, 15) is 14.3 Å². The Labute approximate surface area is 230 Å². The lowest BCUT2D eigenvalue weighted by Gasteiger charge is -2.34. The number of nitrogens with zero attached hydrogens (tertiary/aromatic N) is 2. The van der Waals surface area contributed by atoms with Gasteiger partial charge in [-0.3, -0.25) is 9.69 Å². The molecule has 2 unspecified atom stereocenters. The molecular weight excluding hydrogens is 495 g/mol. The molecule has 1 heterocycles. The van der Waals surface area contributed by atoms with E-state index in [0.29, 0.717) is 42.3 Å². The van der Waals surface area contributed by atoms with Crippen molar-refractivity contribution in [1.29, 1.82) is 0 Å². The highest BCUT2D eigenvalue weighted by Crippen LogP contribution is 2.45. The molecule has 5 N–H and O–H groups in total. The lowest BCUT2D eigenvalue weighted by atomic mass is 9.69. The second-order valence-electron chi connectivity index (χ2n) is 11.3. The van der Waals surface area contributed by atoms with Gasteiger partial charge in [0.05, 0.1) is 16.8 Å². The summed E-state index contributed by atoms with van der Waals surface area (Å²) in [5.74, 6) is 4.89. The third-order valence-corrected chi connectivity index (χ3v) is 7.90. The van der Waals surface area contributed by atoms with Crippen LogP contribution >= 0.6 is 0 Å². The van der Waals surface area contributed by atoms with E-state index in [1.54, 1.807) is 27.0 Å². The van der Waals surface area contributed by atoms with E-state index in [0.717, 1.165) is 27.8 Å². The van der Waals surface area contributed by atoms with Crippen LogP contribution in [0.25, 0.3) is 0 Å². The van der Waals surface area contributed by atoms with Crippen LogP contribution < -0.4 is 21.3 Å². The average Bonchev–Trinajstić information content (AvgIpc) is 3.01. The summed E-state index contributed by atoms with van der Waals surface area (Å²) in [5.41, 5.74) is 11.7. The predicted octanol–water partition coefficient (Wildman–Crippen LogP) is 5.36. The Balaban J connectivity index is 1.77. The van der Waals surface area contributed by atoms with Gasteiger partial charge < -0.3 is 20.6 Å². The number of aryl methyl sites for hydroxylation is 1. The molecule has 3 aromatic carbocycles. The third kappa shape index (κ3) is 5.58. The van der Waals surface area contributed by atoms with Gasteiger partial charge in [-0.15, -0.1) is 0 Å². The molecule has 4 rings (SSSR count). The van der Waals surface area contributed by atoms with Crippen LogP contribution in [0.4, 0.5) is 15.8 Å². The Morgan fingerprint density at radius 1 is 1.23 bits per heavy atom. The third-order valence-electron chi connectivity index (χ3n) is 7.90. The zero-order chi connectivity index (χ0) is 28.6. The number of rotatable bonds is 7. The number of anilines is 2. The minimum Gasteiger partial charge on any atom is -0.489 e. The van der Waals surface area contributed by atoms with E-state index in [4.69, 9.17) is 16.3 Å². The zero-order valence-electron chi connectivity index (χ0n) is 23.6. The van der Waals surface area contributed by atoms with Crippen molar-refractivity contribution in [2.24, 2.45) is 11.3 Å². The molecule has 208 valence electrons. The Bertz CT molecular complexity index is 1390. The Morgan fingerprint density at radius 3 is 2.62 bits per heavy atom. The van der Waals surface area contributed by atoms with Gasteiger partial charge in [-0.05, 0) is 80.6 Å². The van der Waals surface area contributed by atoms with Gasteiger partial charge in [0, 0.05) is 38.2 Å². The number of carbonyl (C=O) groups is 1. The van der Waals surface area contributed by atoms with Gasteiger partial charge in [-0.2, -0.15) is 0 Å². The number of hydrogen-bond donors (Lipinski definition) is 3. The Kier molecular flexibility index (Phi) is 7.91. The van der Waals surface area contributed by atoms with Crippen molar-refractivity contribution in [3.05, 3.63) is 87.7 Å². The smallest absolute Gasteiger partial charge is 0.310 e. The first-order chi connectivity index (χ1) is 18.3. The summed E-state index contributed by atoms with van der Waals surface area (Å²) in [6, 6.07) is 14.8. The van der Waals surface area contributed by atoms with Crippen molar-refractivity contribution >= 4 is 17.3 Å². The van der Waals surface area contributed by atoms with E-state index in [2.05, 4.69) is 11.0 Å². The van der Waals surface area contributed by atoms with E-state index in [1.165, 1.54) is 11.1 Å². The summed E-state index contributed by atoms with van der Waals surface area (Å²) < 4.78 is 20.7. The molecule has 2 atom stereocenters. The topological polar surface area (TPSA) is 105 Å². The lowest BCUT2D eigenvalue weighted by Crippen LogP contribution is -2.33. The van der Waals surface area contributed by atoms with Crippen molar-refractivity contribution in [3.8, 4) is 5.75 Å². The molecule has 0 radical (unpaired) electrons. The second-order valence-corrected chi connectivity index (χ2v) is 11.3. The highest BCUT2D eigenvalue weighted by Gasteiger charge is 2.40. The first kappa shape index (κ1) is 28.4. The first-order valence-electron chi connectivity index (χ1n) is 13.2. The molecule has 0 amide bonds. The molecule has 3 aromatic rings. The summed E-state index contributed by atoms with van der Waals surface area (Å²) in [6.45, 7) is 11.0. The van der Waals surface area contributed by atoms with Crippen molar-refractivity contribution in [2.75, 3.05) is 24.3 Å². The van der Waals surface area contributed by atoms with Crippen LogP contribution in [-0.2, 0) is 17.9 Å². The number of ether oxygens (including phenoxy) is 1. The first-order valence-corrected chi connectivity index (χ1v) is 13.2. The van der Waals surface area contributed by atoms with Crippen molar-refractivity contribution in [1.82, 2.24) is 4.90 Å². The SMILES string of the molecule is Cc1ccc(C(c2ccc(N(C)N)c(N)c2C)C(C)(C)C(=O)O)cc1CN1Cc2c(F)cccc2OC(C)C1. The van der Waals surface area contributed by atoms with E-state index in [1.807, 2.05) is 51.1 Å². The van der Waals surface area contributed by atoms with Crippen LogP contribution in [0.5, 0.6) is 5.75 Å². The van der Waals surface area contributed by atoms with Gasteiger partial charge in [-0.25, -0.2) is 10.2 Å². The van der Waals surface area contributed by atoms with Gasteiger partial charge in [0.25, 0.3) is 0 Å². The molecule has 7 nitrogen and oxygen atoms in total. The summed E-state index contributed by atoms with van der Waals surface area (Å²) in [4.78, 5) is 14.7. The van der Waals surface area contributed by atoms with Crippen LogP contribution in [-0.4, -0.2) is 35.7 Å². The normalized spacial score (nSPS) is 16.7. The van der Waals surface area contributed by atoms with Crippen molar-refractivity contribution in [3.63, 3.8) is 0 Å². The molecule has 0 aliphatic carbocycles. The van der Waals surface area contributed by atoms with Crippen molar-refractivity contribution in [2.45, 2.75) is 59.7 Å². The maximum atomic E-state index is 14.7. The average molecular weight is 535 g/mol. The van der Waals surface area contributed by atoms with Crippen LogP contribution in [0.3, 0.4) is 0 Å². The van der Waals surface area contributed by atoms with Crippen LogP contribution in [0.15, 0.2) is 48.5 Å². The van der Waals surface area contributed by atoms with Gasteiger partial charge in [0.1, 0.15) is 17.7 Å². The fourth-order valence-corrected chi connectivity index (χ4v) is 5.57. The fraction of sp³-hybridized carbons (Fsp3) is 0.387. The monoisotopic (exact) mass is 534 g/mol. The summed E-state index contributed by atoms with van der Waals surface area (Å²) in [7, 11) is 1.72. The molecule has 39 heavy (non-hydrogen) atoms. The minimum atomic E-state index is -1.13. The number of benzene rings is 3. The molecule has 0 fully saturated rings. The standard InChI is InChI=1S/C31H39FN4O3/c1-18-10-11-21(14-22(18)16-36-15-19(2)39-27-9-7-8-25(32)24(27)17-36)28(31(4,5)30(37)38)23-12-13-26(35(6)34)29(33)20(23)3/h7-14,19,28H,15-17,33-34H2,1-6H3,(H,37,38). The molecule has 0 spiro atoms. The summed E-state index contributed by atoms with van der Waals surface area (Å²) in [6.07, 6.45) is -0.111. The molecule has 0 aromatic heterocycles. The maximum Gasteiger partial charge on any atom is 0.310 e. The highest BCUT2D eigenvalue weighted by molar-refractivity contribution is 5.78. The number of carboxylic acid groups (broad SMARTS) is 1.